The Morgan fingerprint density at radius 1 is 0.725 bits per heavy atom. The van der Waals surface area contributed by atoms with E-state index in [0.717, 1.165) is 23.3 Å². The maximum Gasteiger partial charge on any atom is 0.573 e. The Labute approximate surface area is 229 Å². The van der Waals surface area contributed by atoms with E-state index >= 15 is 0 Å². The van der Waals surface area contributed by atoms with Crippen molar-refractivity contribution in [3.63, 3.8) is 0 Å². The topological polar surface area (TPSA) is 84.5 Å². The third-order valence-electron chi connectivity index (χ3n) is 5.50. The van der Waals surface area contributed by atoms with Gasteiger partial charge >= 0.3 is 6.36 Å². The minimum absolute atomic E-state index is 0.180. The number of nitrogens with one attached hydrogen (secondary N) is 1. The van der Waals surface area contributed by atoms with Crippen LogP contribution in [0.15, 0.2) is 60.8 Å². The molecular formula is C29H28F3NO7. The Balaban J connectivity index is 1.83. The maximum absolute atomic E-state index is 12.5. The number of hydrogen-bond acceptors (Lipinski definition) is 8. The number of carbonyl (C=O) groups is 1. The fourth-order valence-electron chi connectivity index (χ4n) is 3.70. The zero-order valence-corrected chi connectivity index (χ0v) is 22.4. The minimum Gasteiger partial charge on any atom is -0.493 e. The molecule has 0 aliphatic carbocycles. The lowest BCUT2D eigenvalue weighted by Crippen LogP contribution is -2.17. The number of benzene rings is 3. The van der Waals surface area contributed by atoms with E-state index in [1.165, 1.54) is 60.0 Å². The molecule has 0 spiro atoms. The van der Waals surface area contributed by atoms with Crippen molar-refractivity contribution in [2.45, 2.75) is 6.36 Å². The van der Waals surface area contributed by atoms with Crippen molar-refractivity contribution in [2.24, 2.45) is 0 Å². The number of ketones is 1. The molecule has 0 aromatic heterocycles. The highest BCUT2D eigenvalue weighted by Crippen LogP contribution is 2.40. The number of ether oxygens (including phenoxy) is 6. The molecule has 0 atom stereocenters. The SMILES string of the molecule is COc1cc(C=Cc2cc(OC)c(OC)c(OC)c2)cc(NC=CC(=O)c2ccc(OC(F)(F)F)cc2)c1OC. The molecule has 40 heavy (non-hydrogen) atoms. The van der Waals surface area contributed by atoms with Gasteiger partial charge in [-0.25, -0.2) is 0 Å². The second-order valence-electron chi connectivity index (χ2n) is 8.01. The molecule has 0 bridgehead atoms. The highest BCUT2D eigenvalue weighted by Gasteiger charge is 2.31. The Bertz CT molecular complexity index is 1360. The summed E-state index contributed by atoms with van der Waals surface area (Å²) >= 11 is 0. The lowest BCUT2D eigenvalue weighted by Gasteiger charge is -2.14. The molecule has 0 aliphatic rings. The van der Waals surface area contributed by atoms with E-state index < -0.39 is 17.9 Å². The van der Waals surface area contributed by atoms with Gasteiger partial charge < -0.3 is 33.7 Å². The van der Waals surface area contributed by atoms with E-state index in [4.69, 9.17) is 23.7 Å². The molecule has 0 unspecified atom stereocenters. The third kappa shape index (κ3) is 7.62. The van der Waals surface area contributed by atoms with Crippen LogP contribution in [0.4, 0.5) is 18.9 Å². The molecule has 0 heterocycles. The van der Waals surface area contributed by atoms with Crippen LogP contribution in [0.2, 0.25) is 0 Å². The van der Waals surface area contributed by atoms with Crippen LogP contribution in [0.25, 0.3) is 12.2 Å². The van der Waals surface area contributed by atoms with Crippen LogP contribution in [0.5, 0.6) is 34.5 Å². The second kappa shape index (κ2) is 13.3. The fourth-order valence-corrected chi connectivity index (χ4v) is 3.70. The van der Waals surface area contributed by atoms with Crippen LogP contribution in [0.1, 0.15) is 21.5 Å². The van der Waals surface area contributed by atoms with Crippen LogP contribution in [0.3, 0.4) is 0 Å². The average Bonchev–Trinajstić information content (AvgIpc) is 2.94. The first-order valence-corrected chi connectivity index (χ1v) is 11.7. The summed E-state index contributed by atoms with van der Waals surface area (Å²) < 4.78 is 68.0. The number of alkyl halides is 3. The van der Waals surface area contributed by atoms with Crippen LogP contribution < -0.4 is 33.7 Å². The van der Waals surface area contributed by atoms with E-state index in [1.54, 1.807) is 24.3 Å². The van der Waals surface area contributed by atoms with Gasteiger partial charge in [0, 0.05) is 17.8 Å². The van der Waals surface area contributed by atoms with Gasteiger partial charge in [0.25, 0.3) is 0 Å². The molecule has 11 heteroatoms. The molecule has 3 aromatic carbocycles. The summed E-state index contributed by atoms with van der Waals surface area (Å²) in [4.78, 5) is 12.5. The number of allylic oxidation sites excluding steroid dienone is 1. The standard InChI is InChI=1S/C29H28F3NO7/c1-35-24-15-18(6-7-19-16-25(36-2)28(39-5)26(17-19)37-3)14-22(27(24)38-4)33-13-12-23(34)20-8-10-21(11-9-20)40-29(30,31)32/h6-17,33H,1-5H3. The van der Waals surface area contributed by atoms with Gasteiger partial charge in [-0.3, -0.25) is 4.79 Å². The predicted octanol–water partition coefficient (Wildman–Crippen LogP) is 6.61. The van der Waals surface area contributed by atoms with Crippen molar-refractivity contribution < 1.29 is 46.4 Å². The predicted molar refractivity (Wildman–Crippen MR) is 145 cm³/mol. The van der Waals surface area contributed by atoms with Gasteiger partial charge in [-0.1, -0.05) is 12.2 Å². The van der Waals surface area contributed by atoms with Crippen molar-refractivity contribution in [2.75, 3.05) is 40.9 Å². The molecule has 1 N–H and O–H groups in total. The smallest absolute Gasteiger partial charge is 0.493 e. The van der Waals surface area contributed by atoms with Crippen LogP contribution >= 0.6 is 0 Å². The molecule has 0 saturated carbocycles. The lowest BCUT2D eigenvalue weighted by molar-refractivity contribution is -0.274. The first-order valence-electron chi connectivity index (χ1n) is 11.7. The van der Waals surface area contributed by atoms with Gasteiger partial charge in [0.05, 0.1) is 41.2 Å². The van der Waals surface area contributed by atoms with Crippen molar-refractivity contribution in [1.29, 1.82) is 0 Å². The normalized spacial score (nSPS) is 11.4. The number of halogens is 3. The van der Waals surface area contributed by atoms with E-state index in [-0.39, 0.29) is 5.56 Å². The Hall–Kier alpha value is -4.80. The highest BCUT2D eigenvalue weighted by molar-refractivity contribution is 6.04. The van der Waals surface area contributed by atoms with Gasteiger partial charge in [0.2, 0.25) is 5.75 Å². The quantitative estimate of drug-likeness (QED) is 0.151. The third-order valence-corrected chi connectivity index (χ3v) is 5.50. The van der Waals surface area contributed by atoms with Gasteiger partial charge in [0.1, 0.15) is 5.75 Å². The Morgan fingerprint density at radius 3 is 1.70 bits per heavy atom. The summed E-state index contributed by atoms with van der Waals surface area (Å²) in [7, 11) is 7.58. The second-order valence-corrected chi connectivity index (χ2v) is 8.01. The molecule has 0 amide bonds. The number of methoxy groups -OCH3 is 5. The van der Waals surface area contributed by atoms with Crippen molar-refractivity contribution in [1.82, 2.24) is 0 Å². The van der Waals surface area contributed by atoms with Crippen LogP contribution in [-0.2, 0) is 0 Å². The van der Waals surface area contributed by atoms with E-state index in [2.05, 4.69) is 10.1 Å². The molecule has 8 nitrogen and oxygen atoms in total. The van der Waals surface area contributed by atoms with Gasteiger partial charge in [-0.05, 0) is 59.7 Å². The molecule has 0 radical (unpaired) electrons. The van der Waals surface area contributed by atoms with Gasteiger partial charge in [-0.2, -0.15) is 0 Å². The first-order chi connectivity index (χ1) is 19.1. The summed E-state index contributed by atoms with van der Waals surface area (Å²) in [6.07, 6.45) is 1.51. The monoisotopic (exact) mass is 559 g/mol. The zero-order chi connectivity index (χ0) is 29.3. The molecule has 3 aromatic rings. The zero-order valence-electron chi connectivity index (χ0n) is 22.4. The summed E-state index contributed by atoms with van der Waals surface area (Å²) in [5, 5.41) is 3.00. The summed E-state index contributed by atoms with van der Waals surface area (Å²) in [6, 6.07) is 11.8. The van der Waals surface area contributed by atoms with Gasteiger partial charge in [-0.15, -0.1) is 13.2 Å². The summed E-state index contributed by atoms with van der Waals surface area (Å²) in [5.41, 5.74) is 2.22. The molecule has 0 fully saturated rings. The highest BCUT2D eigenvalue weighted by atomic mass is 19.4. The summed E-state index contributed by atoms with van der Waals surface area (Å²) in [6.45, 7) is 0. The van der Waals surface area contributed by atoms with Crippen molar-refractivity contribution >= 4 is 23.6 Å². The first kappa shape index (κ1) is 29.8. The Morgan fingerprint density at radius 2 is 1.23 bits per heavy atom. The van der Waals surface area contributed by atoms with Crippen molar-refractivity contribution in [3.05, 3.63) is 77.5 Å². The Kier molecular flexibility index (Phi) is 9.91. The van der Waals surface area contributed by atoms with E-state index in [1.807, 2.05) is 12.2 Å². The van der Waals surface area contributed by atoms with Crippen molar-refractivity contribution in [3.8, 4) is 34.5 Å². The summed E-state index contributed by atoms with van der Waals surface area (Å²) in [5.74, 6) is 1.48. The average molecular weight is 560 g/mol. The van der Waals surface area contributed by atoms with Crippen LogP contribution in [-0.4, -0.2) is 47.7 Å². The molecule has 0 aliphatic heterocycles. The number of rotatable bonds is 12. The van der Waals surface area contributed by atoms with Crippen LogP contribution in [0, 0.1) is 0 Å². The minimum atomic E-state index is -4.81. The molecule has 0 saturated heterocycles. The largest absolute Gasteiger partial charge is 0.573 e. The molecule has 3 rings (SSSR count). The lowest BCUT2D eigenvalue weighted by atomic mass is 10.1. The number of hydrogen-bond donors (Lipinski definition) is 1. The van der Waals surface area contributed by atoms with E-state index in [0.29, 0.717) is 34.4 Å². The molecular weight excluding hydrogens is 531 g/mol. The number of anilines is 1. The fraction of sp³-hybridized carbons (Fsp3) is 0.207. The van der Waals surface area contributed by atoms with E-state index in [9.17, 15) is 18.0 Å². The maximum atomic E-state index is 12.5. The molecule has 212 valence electrons. The van der Waals surface area contributed by atoms with Gasteiger partial charge in [0.15, 0.2) is 28.8 Å². The number of carbonyl (C=O) groups excluding carboxylic acids is 1.